The first-order valence-corrected chi connectivity index (χ1v) is 8.82. The van der Waals surface area contributed by atoms with Crippen molar-refractivity contribution in [3.63, 3.8) is 0 Å². The van der Waals surface area contributed by atoms with Crippen molar-refractivity contribution >= 4 is 27.7 Å². The molecule has 0 unspecified atom stereocenters. The number of amides is 1. The van der Waals surface area contributed by atoms with Crippen LogP contribution in [-0.4, -0.2) is 20.7 Å². The molecule has 2 heterocycles. The molecule has 1 N–H and O–H groups in total. The molecular formula is C19H18BrFN4O. The van der Waals surface area contributed by atoms with Crippen molar-refractivity contribution < 1.29 is 9.18 Å². The van der Waals surface area contributed by atoms with Crippen molar-refractivity contribution in [3.05, 3.63) is 70.3 Å². The molecule has 0 radical (unpaired) electrons. The summed E-state index contributed by atoms with van der Waals surface area (Å²) in [5.74, 6) is -0.128. The van der Waals surface area contributed by atoms with E-state index in [2.05, 4.69) is 31.3 Å². The van der Waals surface area contributed by atoms with E-state index in [1.54, 1.807) is 29.1 Å². The van der Waals surface area contributed by atoms with E-state index < -0.39 is 0 Å². The van der Waals surface area contributed by atoms with Crippen molar-refractivity contribution in [3.8, 4) is 5.69 Å². The van der Waals surface area contributed by atoms with Crippen LogP contribution < -0.4 is 5.32 Å². The van der Waals surface area contributed by atoms with E-state index in [1.165, 1.54) is 18.3 Å². The van der Waals surface area contributed by atoms with Crippen molar-refractivity contribution in [1.82, 2.24) is 14.8 Å². The Hall–Kier alpha value is -2.54. The largest absolute Gasteiger partial charge is 0.306 e. The fourth-order valence-corrected chi connectivity index (χ4v) is 2.71. The standard InChI is InChI=1S/C19H18BrFN4O/c1-19(2,3)16-9-17(23-18(26)12-8-13(20)11-22-10-12)25(24-16)15-6-4-14(21)5-7-15/h4-11H,1-3H3,(H,23,26). The number of hydrogen-bond acceptors (Lipinski definition) is 3. The molecule has 0 saturated heterocycles. The molecule has 5 nitrogen and oxygen atoms in total. The number of nitrogens with one attached hydrogen (secondary N) is 1. The Morgan fingerprint density at radius 1 is 1.15 bits per heavy atom. The van der Waals surface area contributed by atoms with Gasteiger partial charge in [-0.3, -0.25) is 9.78 Å². The number of benzene rings is 1. The molecule has 3 aromatic rings. The number of nitrogens with zero attached hydrogens (tertiary/aromatic N) is 3. The van der Waals surface area contributed by atoms with Crippen LogP contribution in [0.25, 0.3) is 5.69 Å². The second kappa shape index (κ2) is 6.99. The number of carbonyl (C=O) groups is 1. The molecule has 0 bridgehead atoms. The lowest BCUT2D eigenvalue weighted by Gasteiger charge is -2.14. The van der Waals surface area contributed by atoms with Gasteiger partial charge < -0.3 is 5.32 Å². The number of hydrogen-bond donors (Lipinski definition) is 1. The minimum Gasteiger partial charge on any atom is -0.306 e. The maximum absolute atomic E-state index is 13.3. The summed E-state index contributed by atoms with van der Waals surface area (Å²) in [5.41, 5.74) is 1.68. The van der Waals surface area contributed by atoms with Crippen molar-refractivity contribution in [2.24, 2.45) is 0 Å². The average Bonchev–Trinajstić information content (AvgIpc) is 2.99. The van der Waals surface area contributed by atoms with Crippen LogP contribution in [0.4, 0.5) is 10.2 Å². The van der Waals surface area contributed by atoms with Gasteiger partial charge >= 0.3 is 0 Å². The summed E-state index contributed by atoms with van der Waals surface area (Å²) >= 11 is 3.31. The van der Waals surface area contributed by atoms with Gasteiger partial charge in [0.15, 0.2) is 0 Å². The highest BCUT2D eigenvalue weighted by Gasteiger charge is 2.22. The van der Waals surface area contributed by atoms with Gasteiger partial charge in [0.25, 0.3) is 5.91 Å². The molecular weight excluding hydrogens is 399 g/mol. The molecule has 26 heavy (non-hydrogen) atoms. The van der Waals surface area contributed by atoms with Gasteiger partial charge in [0.1, 0.15) is 11.6 Å². The minimum absolute atomic E-state index is 0.206. The van der Waals surface area contributed by atoms with Crippen LogP contribution in [0.2, 0.25) is 0 Å². The molecule has 0 atom stereocenters. The van der Waals surface area contributed by atoms with E-state index in [1.807, 2.05) is 26.8 Å². The highest BCUT2D eigenvalue weighted by atomic mass is 79.9. The van der Waals surface area contributed by atoms with Crippen LogP contribution in [0.1, 0.15) is 36.8 Å². The van der Waals surface area contributed by atoms with Gasteiger partial charge in [-0.05, 0) is 46.3 Å². The lowest BCUT2D eigenvalue weighted by atomic mass is 9.92. The third-order valence-electron chi connectivity index (χ3n) is 3.76. The molecule has 7 heteroatoms. The Morgan fingerprint density at radius 2 is 1.85 bits per heavy atom. The molecule has 0 aliphatic rings. The van der Waals surface area contributed by atoms with Crippen LogP contribution in [0.15, 0.2) is 53.3 Å². The molecule has 134 valence electrons. The molecule has 1 aromatic carbocycles. The van der Waals surface area contributed by atoms with Gasteiger partial charge in [-0.2, -0.15) is 5.10 Å². The van der Waals surface area contributed by atoms with Crippen molar-refractivity contribution in [1.29, 1.82) is 0 Å². The highest BCUT2D eigenvalue weighted by molar-refractivity contribution is 9.10. The number of aromatic nitrogens is 3. The Kier molecular flexibility index (Phi) is 4.91. The SMILES string of the molecule is CC(C)(C)c1cc(NC(=O)c2cncc(Br)c2)n(-c2ccc(F)cc2)n1. The summed E-state index contributed by atoms with van der Waals surface area (Å²) in [6.45, 7) is 6.11. The zero-order chi connectivity index (χ0) is 18.9. The maximum Gasteiger partial charge on any atom is 0.258 e. The van der Waals surface area contributed by atoms with Crippen molar-refractivity contribution in [2.45, 2.75) is 26.2 Å². The summed E-state index contributed by atoms with van der Waals surface area (Å²) < 4.78 is 15.6. The van der Waals surface area contributed by atoms with Crippen LogP contribution in [0, 0.1) is 5.82 Å². The fourth-order valence-electron chi connectivity index (χ4n) is 2.34. The first-order valence-electron chi connectivity index (χ1n) is 8.02. The molecule has 0 aliphatic carbocycles. The third-order valence-corrected chi connectivity index (χ3v) is 4.19. The number of anilines is 1. The first-order chi connectivity index (χ1) is 12.2. The fraction of sp³-hybridized carbons (Fsp3) is 0.211. The molecule has 2 aromatic heterocycles. The van der Waals surface area contributed by atoms with Gasteiger partial charge in [0.05, 0.1) is 16.9 Å². The van der Waals surface area contributed by atoms with E-state index in [0.717, 1.165) is 5.69 Å². The van der Waals surface area contributed by atoms with Crippen LogP contribution >= 0.6 is 15.9 Å². The summed E-state index contributed by atoms with van der Waals surface area (Å²) in [7, 11) is 0. The topological polar surface area (TPSA) is 59.8 Å². The van der Waals surface area contributed by atoms with Crippen LogP contribution in [-0.2, 0) is 5.41 Å². The summed E-state index contributed by atoms with van der Waals surface area (Å²) in [4.78, 5) is 16.6. The Bertz CT molecular complexity index is 945. The van der Waals surface area contributed by atoms with Gasteiger partial charge in [-0.15, -0.1) is 0 Å². The number of rotatable bonds is 3. The lowest BCUT2D eigenvalue weighted by Crippen LogP contribution is -2.15. The molecule has 0 saturated carbocycles. The molecule has 0 fully saturated rings. The zero-order valence-electron chi connectivity index (χ0n) is 14.6. The third kappa shape index (κ3) is 3.99. The quantitative estimate of drug-likeness (QED) is 0.671. The number of carbonyl (C=O) groups excluding carboxylic acids is 1. The van der Waals surface area contributed by atoms with E-state index in [4.69, 9.17) is 0 Å². The van der Waals surface area contributed by atoms with Gasteiger partial charge in [0, 0.05) is 28.3 Å². The van der Waals surface area contributed by atoms with Gasteiger partial charge in [0.2, 0.25) is 0 Å². The zero-order valence-corrected chi connectivity index (χ0v) is 16.2. The summed E-state index contributed by atoms with van der Waals surface area (Å²) in [6, 6.07) is 9.46. The monoisotopic (exact) mass is 416 g/mol. The highest BCUT2D eigenvalue weighted by Crippen LogP contribution is 2.26. The Labute approximate surface area is 159 Å². The molecule has 0 aliphatic heterocycles. The molecule has 1 amide bonds. The van der Waals surface area contributed by atoms with Crippen LogP contribution in [0.5, 0.6) is 0 Å². The Balaban J connectivity index is 2.00. The predicted molar refractivity (Wildman–Crippen MR) is 102 cm³/mol. The first kappa shape index (κ1) is 18.3. The molecule has 0 spiro atoms. The van der Waals surface area contributed by atoms with Crippen LogP contribution in [0.3, 0.4) is 0 Å². The average molecular weight is 417 g/mol. The van der Waals surface area contributed by atoms with Gasteiger partial charge in [-0.25, -0.2) is 9.07 Å². The normalized spacial score (nSPS) is 11.4. The minimum atomic E-state index is -0.331. The number of halogens is 2. The molecule has 3 rings (SSSR count). The second-order valence-corrected chi connectivity index (χ2v) is 7.81. The van der Waals surface area contributed by atoms with Gasteiger partial charge in [-0.1, -0.05) is 20.8 Å². The van der Waals surface area contributed by atoms with E-state index >= 15 is 0 Å². The number of pyridine rings is 1. The maximum atomic E-state index is 13.3. The smallest absolute Gasteiger partial charge is 0.258 e. The van der Waals surface area contributed by atoms with Crippen molar-refractivity contribution in [2.75, 3.05) is 5.32 Å². The Morgan fingerprint density at radius 3 is 2.46 bits per heavy atom. The predicted octanol–water partition coefficient (Wildman–Crippen LogP) is 4.72. The second-order valence-electron chi connectivity index (χ2n) is 6.90. The van der Waals surface area contributed by atoms with E-state index in [9.17, 15) is 9.18 Å². The summed E-state index contributed by atoms with van der Waals surface area (Å²) in [5, 5.41) is 7.47. The van der Waals surface area contributed by atoms with E-state index in [0.29, 0.717) is 21.5 Å². The summed E-state index contributed by atoms with van der Waals surface area (Å²) in [6.07, 6.45) is 3.10. The lowest BCUT2D eigenvalue weighted by molar-refractivity contribution is 0.102. The van der Waals surface area contributed by atoms with E-state index in [-0.39, 0.29) is 17.1 Å².